The predicted octanol–water partition coefficient (Wildman–Crippen LogP) is 17.0. The number of nitrogens with zero attached hydrogens (tertiary/aromatic N) is 1. The number of phosphoric ester groups is 1. The van der Waals surface area contributed by atoms with Crippen LogP contribution in [0.15, 0.2) is 36.5 Å². The van der Waals surface area contributed by atoms with Gasteiger partial charge in [0, 0.05) is 6.42 Å². The number of amides is 1. The molecule has 0 spiro atoms. The van der Waals surface area contributed by atoms with Crippen LogP contribution in [0.2, 0.25) is 0 Å². The van der Waals surface area contributed by atoms with Crippen molar-refractivity contribution in [3.05, 3.63) is 36.5 Å². The Bertz CT molecular complexity index is 1170. The van der Waals surface area contributed by atoms with Crippen molar-refractivity contribution in [2.75, 3.05) is 40.9 Å². The molecule has 0 aromatic heterocycles. The van der Waals surface area contributed by atoms with E-state index in [1.165, 1.54) is 199 Å². The summed E-state index contributed by atoms with van der Waals surface area (Å²) in [7, 11) is 1.55. The third kappa shape index (κ3) is 50.6. The lowest BCUT2D eigenvalue weighted by Gasteiger charge is -2.25. The number of carbonyl (C=O) groups excluding carboxylic acids is 1. The minimum Gasteiger partial charge on any atom is -0.387 e. The molecule has 0 rings (SSSR count). The number of nitrogens with one attached hydrogen (secondary N) is 1. The molecule has 0 aliphatic carbocycles. The quantitative estimate of drug-likeness (QED) is 0.0243. The Hall–Kier alpha value is -1.28. The molecule has 8 nitrogen and oxygen atoms in total. The molecule has 0 fully saturated rings. The predicted molar refractivity (Wildman–Crippen MR) is 286 cm³/mol. The fraction of sp³-hybridized carbons (Fsp3) is 0.877. The van der Waals surface area contributed by atoms with Gasteiger partial charge in [-0.25, -0.2) is 4.57 Å². The molecule has 3 unspecified atom stereocenters. The number of unbranched alkanes of at least 4 members (excludes halogenated alkanes) is 35. The highest BCUT2D eigenvalue weighted by atomic mass is 31.2. The van der Waals surface area contributed by atoms with E-state index < -0.39 is 20.0 Å². The van der Waals surface area contributed by atoms with E-state index in [1.54, 1.807) is 6.08 Å². The third-order valence-corrected chi connectivity index (χ3v) is 13.8. The average Bonchev–Trinajstić information content (AvgIpc) is 3.28. The number of likely N-dealkylation sites (N-methyl/N-ethyl adjacent to an activating group) is 1. The van der Waals surface area contributed by atoms with Gasteiger partial charge in [0.15, 0.2) is 0 Å². The zero-order valence-corrected chi connectivity index (χ0v) is 45.3. The first-order valence-electron chi connectivity index (χ1n) is 28.4. The average molecular weight is 953 g/mol. The van der Waals surface area contributed by atoms with Crippen molar-refractivity contribution in [2.45, 2.75) is 283 Å². The van der Waals surface area contributed by atoms with Crippen molar-refractivity contribution in [1.29, 1.82) is 0 Å². The number of rotatable bonds is 52. The Morgan fingerprint density at radius 1 is 0.500 bits per heavy atom. The van der Waals surface area contributed by atoms with Crippen LogP contribution in [-0.4, -0.2) is 73.4 Å². The Balaban J connectivity index is 4.19. The molecule has 1 amide bonds. The molecule has 66 heavy (non-hydrogen) atoms. The number of hydrogen-bond donors (Lipinski definition) is 3. The Labute approximate surface area is 410 Å². The summed E-state index contributed by atoms with van der Waals surface area (Å²) in [6, 6.07) is -0.867. The van der Waals surface area contributed by atoms with Crippen LogP contribution in [0, 0.1) is 0 Å². The number of hydrogen-bond acceptors (Lipinski definition) is 5. The van der Waals surface area contributed by atoms with E-state index in [-0.39, 0.29) is 19.1 Å². The molecule has 9 heteroatoms. The number of aliphatic hydroxyl groups is 1. The maximum absolute atomic E-state index is 12.9. The van der Waals surface area contributed by atoms with Crippen LogP contribution < -0.4 is 5.32 Å². The van der Waals surface area contributed by atoms with Gasteiger partial charge in [-0.05, 0) is 57.8 Å². The maximum atomic E-state index is 12.9. The topological polar surface area (TPSA) is 105 Å². The maximum Gasteiger partial charge on any atom is 0.472 e. The molecular formula is C57H112N2O6P+. The first kappa shape index (κ1) is 64.7. The van der Waals surface area contributed by atoms with Gasteiger partial charge in [0.25, 0.3) is 0 Å². The molecule has 0 saturated heterocycles. The minimum atomic E-state index is -4.35. The molecule has 390 valence electrons. The van der Waals surface area contributed by atoms with E-state index in [9.17, 15) is 19.4 Å². The Kier molecular flexibility index (Phi) is 47.8. The summed E-state index contributed by atoms with van der Waals surface area (Å²) in [5, 5.41) is 13.9. The van der Waals surface area contributed by atoms with Gasteiger partial charge in [-0.2, -0.15) is 0 Å². The van der Waals surface area contributed by atoms with Crippen LogP contribution in [0.25, 0.3) is 0 Å². The number of allylic oxidation sites excluding steroid dienone is 5. The molecule has 3 atom stereocenters. The third-order valence-electron chi connectivity index (χ3n) is 12.8. The van der Waals surface area contributed by atoms with E-state index >= 15 is 0 Å². The molecule has 3 N–H and O–H groups in total. The van der Waals surface area contributed by atoms with Crippen LogP contribution >= 0.6 is 7.82 Å². The fourth-order valence-corrected chi connectivity index (χ4v) is 9.08. The second-order valence-electron chi connectivity index (χ2n) is 20.7. The van der Waals surface area contributed by atoms with Crippen LogP contribution in [0.1, 0.15) is 271 Å². The summed E-state index contributed by atoms with van der Waals surface area (Å²) < 4.78 is 23.6. The van der Waals surface area contributed by atoms with E-state index in [2.05, 4.69) is 43.5 Å². The summed E-state index contributed by atoms with van der Waals surface area (Å²) >= 11 is 0. The van der Waals surface area contributed by atoms with E-state index in [4.69, 9.17) is 9.05 Å². The van der Waals surface area contributed by atoms with Gasteiger partial charge in [0.2, 0.25) is 5.91 Å². The summed E-state index contributed by atoms with van der Waals surface area (Å²) in [5.41, 5.74) is 0. The van der Waals surface area contributed by atoms with Crippen LogP contribution in [0.4, 0.5) is 0 Å². The minimum absolute atomic E-state index is 0.0550. The first-order chi connectivity index (χ1) is 32.0. The number of quaternary nitrogens is 1. The van der Waals surface area contributed by atoms with Gasteiger partial charge in [-0.15, -0.1) is 0 Å². The molecular weight excluding hydrogens is 840 g/mol. The molecule has 0 heterocycles. The monoisotopic (exact) mass is 952 g/mol. The smallest absolute Gasteiger partial charge is 0.387 e. The molecule has 0 aliphatic heterocycles. The van der Waals surface area contributed by atoms with Gasteiger partial charge in [0.05, 0.1) is 39.9 Å². The highest BCUT2D eigenvalue weighted by Gasteiger charge is 2.27. The molecule has 0 saturated carbocycles. The fourth-order valence-electron chi connectivity index (χ4n) is 8.35. The number of carbonyl (C=O) groups is 1. The van der Waals surface area contributed by atoms with Crippen molar-refractivity contribution >= 4 is 13.7 Å². The molecule has 0 radical (unpaired) electrons. The number of phosphoric acid groups is 1. The molecule has 0 aliphatic rings. The second-order valence-corrected chi connectivity index (χ2v) is 22.1. The van der Waals surface area contributed by atoms with E-state index in [0.29, 0.717) is 17.4 Å². The zero-order valence-electron chi connectivity index (χ0n) is 44.4. The van der Waals surface area contributed by atoms with Crippen molar-refractivity contribution < 1.29 is 32.9 Å². The van der Waals surface area contributed by atoms with Crippen molar-refractivity contribution in [3.8, 4) is 0 Å². The van der Waals surface area contributed by atoms with Crippen molar-refractivity contribution in [2.24, 2.45) is 0 Å². The second kappa shape index (κ2) is 48.7. The van der Waals surface area contributed by atoms with Crippen LogP contribution in [0.5, 0.6) is 0 Å². The van der Waals surface area contributed by atoms with E-state index in [1.807, 2.05) is 27.2 Å². The van der Waals surface area contributed by atoms with E-state index in [0.717, 1.165) is 51.4 Å². The van der Waals surface area contributed by atoms with Gasteiger partial charge < -0.3 is 19.8 Å². The lowest BCUT2D eigenvalue weighted by molar-refractivity contribution is -0.870. The normalized spacial score (nSPS) is 14.2. The number of aliphatic hydroxyl groups excluding tert-OH is 1. The lowest BCUT2D eigenvalue weighted by atomic mass is 10.0. The standard InChI is InChI=1S/C57H111N2O6P/c1-6-8-10-12-14-16-18-20-22-23-24-25-26-27-28-29-30-31-32-33-34-35-37-38-40-42-44-46-48-50-56(60)55(54-65-66(62,63)64-53-52-59(3,4)5)58-57(61)51-49-47-45-43-41-39-36-21-19-17-15-13-11-9-7-2/h21,36,40,42,48,50,55-56,60H,6-20,22-35,37-39,41,43-47,49,51-54H2,1-5H3,(H-,58,61,62,63)/p+1/b36-21-,42-40+,50-48+. The van der Waals surface area contributed by atoms with Crippen LogP contribution in [0.3, 0.4) is 0 Å². The lowest BCUT2D eigenvalue weighted by Crippen LogP contribution is -2.45. The molecule has 0 bridgehead atoms. The van der Waals surface area contributed by atoms with Crippen molar-refractivity contribution in [3.63, 3.8) is 0 Å². The summed E-state index contributed by atoms with van der Waals surface area (Å²) in [5.74, 6) is -0.194. The van der Waals surface area contributed by atoms with Gasteiger partial charge >= 0.3 is 7.82 Å². The van der Waals surface area contributed by atoms with Gasteiger partial charge in [-0.1, -0.05) is 243 Å². The summed E-state index contributed by atoms with van der Waals surface area (Å²) in [6.07, 6.45) is 62.6. The highest BCUT2D eigenvalue weighted by Crippen LogP contribution is 2.43. The first-order valence-corrected chi connectivity index (χ1v) is 29.9. The molecule has 0 aromatic carbocycles. The molecule has 0 aromatic rings. The Morgan fingerprint density at radius 2 is 0.833 bits per heavy atom. The van der Waals surface area contributed by atoms with Crippen molar-refractivity contribution in [1.82, 2.24) is 5.32 Å². The van der Waals surface area contributed by atoms with Gasteiger partial charge in [-0.3, -0.25) is 13.8 Å². The highest BCUT2D eigenvalue weighted by molar-refractivity contribution is 7.47. The summed E-state index contributed by atoms with van der Waals surface area (Å²) in [6.45, 7) is 4.81. The Morgan fingerprint density at radius 3 is 1.21 bits per heavy atom. The van der Waals surface area contributed by atoms with Gasteiger partial charge in [0.1, 0.15) is 13.2 Å². The van der Waals surface area contributed by atoms with Crippen LogP contribution in [-0.2, 0) is 18.4 Å². The largest absolute Gasteiger partial charge is 0.472 e. The zero-order chi connectivity index (χ0) is 48.5. The SMILES string of the molecule is CCCCCCCC/C=C\CCCCCCCC(=O)NC(COP(=O)(O)OCC[N+](C)(C)C)C(O)/C=C/CC/C=C/CCCCCCCCCCCCCCCCCCCCCCCCC. The summed E-state index contributed by atoms with van der Waals surface area (Å²) in [4.78, 5) is 23.2.